The van der Waals surface area contributed by atoms with Gasteiger partial charge in [0.15, 0.2) is 0 Å². The lowest BCUT2D eigenvalue weighted by Gasteiger charge is -2.11. The highest BCUT2D eigenvalue weighted by Gasteiger charge is 2.05. The van der Waals surface area contributed by atoms with Gasteiger partial charge in [-0.25, -0.2) is 0 Å². The van der Waals surface area contributed by atoms with E-state index in [9.17, 15) is 0 Å². The van der Waals surface area contributed by atoms with Gasteiger partial charge in [0.05, 0.1) is 0 Å². The molecule has 1 atom stereocenters. The SMILES string of the molecule is C#CCOc1ccccc1C(C)N. The van der Waals surface area contributed by atoms with Gasteiger partial charge in [0, 0.05) is 11.6 Å². The van der Waals surface area contributed by atoms with Crippen molar-refractivity contribution in [3.05, 3.63) is 29.8 Å². The van der Waals surface area contributed by atoms with Crippen molar-refractivity contribution >= 4 is 0 Å². The monoisotopic (exact) mass is 175 g/mol. The summed E-state index contributed by atoms with van der Waals surface area (Å²) < 4.78 is 5.33. The second-order valence-electron chi connectivity index (χ2n) is 2.82. The van der Waals surface area contributed by atoms with E-state index in [2.05, 4.69) is 5.92 Å². The number of nitrogens with two attached hydrogens (primary N) is 1. The summed E-state index contributed by atoms with van der Waals surface area (Å²) in [5, 5.41) is 0. The predicted molar refractivity (Wildman–Crippen MR) is 53.4 cm³/mol. The van der Waals surface area contributed by atoms with Gasteiger partial charge in [-0.15, -0.1) is 6.42 Å². The van der Waals surface area contributed by atoms with Crippen LogP contribution in [0.5, 0.6) is 5.75 Å². The average Bonchev–Trinajstić information content (AvgIpc) is 2.15. The Morgan fingerprint density at radius 3 is 2.85 bits per heavy atom. The molecular weight excluding hydrogens is 162 g/mol. The molecule has 1 rings (SSSR count). The lowest BCUT2D eigenvalue weighted by atomic mass is 10.1. The smallest absolute Gasteiger partial charge is 0.148 e. The first kappa shape index (κ1) is 9.63. The summed E-state index contributed by atoms with van der Waals surface area (Å²) in [5.41, 5.74) is 6.74. The highest BCUT2D eigenvalue weighted by Crippen LogP contribution is 2.22. The molecule has 13 heavy (non-hydrogen) atoms. The molecule has 1 unspecified atom stereocenters. The molecular formula is C11H13NO. The molecule has 2 N–H and O–H groups in total. The number of rotatable bonds is 3. The third kappa shape index (κ3) is 2.50. The van der Waals surface area contributed by atoms with Crippen LogP contribution in [-0.4, -0.2) is 6.61 Å². The standard InChI is InChI=1S/C11H13NO/c1-3-8-13-11-7-5-4-6-10(11)9(2)12/h1,4-7,9H,8,12H2,2H3. The van der Waals surface area contributed by atoms with Crippen LogP contribution in [0.3, 0.4) is 0 Å². The maximum absolute atomic E-state index is 5.75. The van der Waals surface area contributed by atoms with Crippen LogP contribution in [0.25, 0.3) is 0 Å². The third-order valence-electron chi connectivity index (χ3n) is 1.72. The van der Waals surface area contributed by atoms with Crippen molar-refractivity contribution < 1.29 is 4.74 Å². The third-order valence-corrected chi connectivity index (χ3v) is 1.72. The number of hydrogen-bond donors (Lipinski definition) is 1. The van der Waals surface area contributed by atoms with E-state index in [4.69, 9.17) is 16.9 Å². The van der Waals surface area contributed by atoms with Gasteiger partial charge in [-0.2, -0.15) is 0 Å². The largest absolute Gasteiger partial charge is 0.481 e. The summed E-state index contributed by atoms with van der Waals surface area (Å²) in [6.45, 7) is 2.20. The van der Waals surface area contributed by atoms with Crippen LogP contribution >= 0.6 is 0 Å². The summed E-state index contributed by atoms with van der Waals surface area (Å²) in [7, 11) is 0. The Morgan fingerprint density at radius 2 is 2.23 bits per heavy atom. The van der Waals surface area contributed by atoms with E-state index in [1.807, 2.05) is 31.2 Å². The van der Waals surface area contributed by atoms with E-state index in [0.29, 0.717) is 0 Å². The normalized spacial score (nSPS) is 11.8. The molecule has 0 aromatic heterocycles. The highest BCUT2D eigenvalue weighted by molar-refractivity contribution is 5.35. The maximum Gasteiger partial charge on any atom is 0.148 e. The molecule has 0 aliphatic carbocycles. The molecule has 68 valence electrons. The quantitative estimate of drug-likeness (QED) is 0.710. The van der Waals surface area contributed by atoms with Crippen LogP contribution in [0.2, 0.25) is 0 Å². The average molecular weight is 175 g/mol. The molecule has 0 amide bonds. The number of para-hydroxylation sites is 1. The Kier molecular flexibility index (Phi) is 3.36. The first-order valence-electron chi connectivity index (χ1n) is 4.16. The van der Waals surface area contributed by atoms with Gasteiger partial charge < -0.3 is 10.5 Å². The molecule has 0 bridgehead atoms. The van der Waals surface area contributed by atoms with Crippen molar-refractivity contribution in [2.24, 2.45) is 5.73 Å². The fourth-order valence-electron chi connectivity index (χ4n) is 1.11. The minimum absolute atomic E-state index is 0.0334. The molecule has 0 aliphatic heterocycles. The lowest BCUT2D eigenvalue weighted by molar-refractivity contribution is 0.364. The molecule has 0 saturated carbocycles. The van der Waals surface area contributed by atoms with Gasteiger partial charge >= 0.3 is 0 Å². The number of ether oxygens (including phenoxy) is 1. The van der Waals surface area contributed by atoms with Crippen LogP contribution in [0, 0.1) is 12.3 Å². The Hall–Kier alpha value is -1.46. The molecule has 0 heterocycles. The topological polar surface area (TPSA) is 35.2 Å². The van der Waals surface area contributed by atoms with E-state index in [-0.39, 0.29) is 12.6 Å². The molecule has 2 nitrogen and oxygen atoms in total. The van der Waals surface area contributed by atoms with Gasteiger partial charge in [-0.05, 0) is 13.0 Å². The highest BCUT2D eigenvalue weighted by atomic mass is 16.5. The minimum atomic E-state index is -0.0334. The zero-order valence-corrected chi connectivity index (χ0v) is 7.66. The van der Waals surface area contributed by atoms with E-state index >= 15 is 0 Å². The van der Waals surface area contributed by atoms with E-state index in [1.54, 1.807) is 0 Å². The molecule has 0 spiro atoms. The molecule has 0 radical (unpaired) electrons. The number of benzene rings is 1. The summed E-state index contributed by atoms with van der Waals surface area (Å²) in [6, 6.07) is 7.61. The molecule has 1 aromatic rings. The van der Waals surface area contributed by atoms with Crippen molar-refractivity contribution in [1.82, 2.24) is 0 Å². The Morgan fingerprint density at radius 1 is 1.54 bits per heavy atom. The van der Waals surface area contributed by atoms with E-state index < -0.39 is 0 Å². The molecule has 1 aromatic carbocycles. The number of hydrogen-bond acceptors (Lipinski definition) is 2. The first-order valence-corrected chi connectivity index (χ1v) is 4.16. The molecule has 0 fully saturated rings. The van der Waals surface area contributed by atoms with Crippen molar-refractivity contribution in [1.29, 1.82) is 0 Å². The zero-order valence-electron chi connectivity index (χ0n) is 7.66. The predicted octanol–water partition coefficient (Wildman–Crippen LogP) is 1.72. The Bertz CT molecular complexity index is 312. The van der Waals surface area contributed by atoms with Crippen LogP contribution in [0.15, 0.2) is 24.3 Å². The first-order chi connectivity index (χ1) is 6.25. The Balaban J connectivity index is 2.86. The molecule has 2 heteroatoms. The van der Waals surface area contributed by atoms with Crippen molar-refractivity contribution in [3.63, 3.8) is 0 Å². The minimum Gasteiger partial charge on any atom is -0.481 e. The fraction of sp³-hybridized carbons (Fsp3) is 0.273. The van der Waals surface area contributed by atoms with Gasteiger partial charge in [0.1, 0.15) is 12.4 Å². The fourth-order valence-corrected chi connectivity index (χ4v) is 1.11. The van der Waals surface area contributed by atoms with Crippen LogP contribution in [-0.2, 0) is 0 Å². The second-order valence-corrected chi connectivity index (χ2v) is 2.82. The maximum atomic E-state index is 5.75. The summed E-state index contributed by atoms with van der Waals surface area (Å²) in [5.74, 6) is 3.19. The molecule has 0 aliphatic rings. The van der Waals surface area contributed by atoms with Crippen LogP contribution in [0.1, 0.15) is 18.5 Å². The van der Waals surface area contributed by atoms with E-state index in [0.717, 1.165) is 11.3 Å². The Labute approximate surface area is 78.7 Å². The molecule has 0 saturated heterocycles. The van der Waals surface area contributed by atoms with Crippen molar-refractivity contribution in [2.45, 2.75) is 13.0 Å². The zero-order chi connectivity index (χ0) is 9.68. The van der Waals surface area contributed by atoms with Crippen LogP contribution < -0.4 is 10.5 Å². The van der Waals surface area contributed by atoms with E-state index in [1.165, 1.54) is 0 Å². The van der Waals surface area contributed by atoms with Gasteiger partial charge in [0.2, 0.25) is 0 Å². The van der Waals surface area contributed by atoms with Gasteiger partial charge in [-0.1, -0.05) is 24.1 Å². The summed E-state index contributed by atoms with van der Waals surface area (Å²) in [4.78, 5) is 0. The van der Waals surface area contributed by atoms with Crippen molar-refractivity contribution in [2.75, 3.05) is 6.61 Å². The van der Waals surface area contributed by atoms with Gasteiger partial charge in [-0.3, -0.25) is 0 Å². The summed E-state index contributed by atoms with van der Waals surface area (Å²) in [6.07, 6.45) is 5.10. The summed E-state index contributed by atoms with van der Waals surface area (Å²) >= 11 is 0. The second kappa shape index (κ2) is 4.54. The van der Waals surface area contributed by atoms with Gasteiger partial charge in [0.25, 0.3) is 0 Å². The van der Waals surface area contributed by atoms with Crippen molar-refractivity contribution in [3.8, 4) is 18.1 Å². The van der Waals surface area contributed by atoms with Crippen LogP contribution in [0.4, 0.5) is 0 Å². The lowest BCUT2D eigenvalue weighted by Crippen LogP contribution is -2.07. The number of terminal acetylenes is 1.